The molecule has 5 nitrogen and oxygen atoms in total. The van der Waals surface area contributed by atoms with Gasteiger partial charge < -0.3 is 9.84 Å². The lowest BCUT2D eigenvalue weighted by atomic mass is 10.0. The molecule has 5 heteroatoms. The summed E-state index contributed by atoms with van der Waals surface area (Å²) in [5.74, 6) is -1.21. The van der Waals surface area contributed by atoms with Crippen LogP contribution < -0.4 is 5.32 Å². The van der Waals surface area contributed by atoms with Gasteiger partial charge in [-0.1, -0.05) is 26.0 Å². The van der Waals surface area contributed by atoms with E-state index in [2.05, 4.69) is 5.32 Å². The molecule has 1 aromatic carbocycles. The highest BCUT2D eigenvalue weighted by molar-refractivity contribution is 5.86. The van der Waals surface area contributed by atoms with Crippen LogP contribution in [-0.2, 0) is 9.53 Å². The maximum absolute atomic E-state index is 11.9. The van der Waals surface area contributed by atoms with E-state index in [-0.39, 0.29) is 17.3 Å². The third-order valence-corrected chi connectivity index (χ3v) is 4.35. The van der Waals surface area contributed by atoms with Gasteiger partial charge in [0, 0.05) is 11.6 Å². The number of carboxylic acids is 1. The lowest BCUT2D eigenvalue weighted by Gasteiger charge is -2.20. The quantitative estimate of drug-likeness (QED) is 0.877. The number of aryl methyl sites for hydroxylation is 1. The first-order chi connectivity index (χ1) is 10.4. The van der Waals surface area contributed by atoms with Crippen LogP contribution in [0.15, 0.2) is 18.2 Å². The Labute approximate surface area is 137 Å². The molecule has 1 aliphatic rings. The number of carbonyl (C=O) groups is 2. The van der Waals surface area contributed by atoms with Crippen LogP contribution in [0.3, 0.4) is 0 Å². The molecule has 2 atom stereocenters. The highest BCUT2D eigenvalue weighted by Gasteiger charge is 2.62. The van der Waals surface area contributed by atoms with Crippen molar-refractivity contribution in [3.05, 3.63) is 29.3 Å². The number of anilines is 1. The Morgan fingerprint density at radius 1 is 1.26 bits per heavy atom. The normalized spacial score (nSPS) is 22.3. The second-order valence-corrected chi connectivity index (χ2v) is 7.82. The minimum Gasteiger partial charge on any atom is -0.481 e. The van der Waals surface area contributed by atoms with Gasteiger partial charge in [-0.25, -0.2) is 4.79 Å². The van der Waals surface area contributed by atoms with E-state index in [1.54, 1.807) is 20.8 Å². The van der Waals surface area contributed by atoms with Gasteiger partial charge in [-0.2, -0.15) is 0 Å². The van der Waals surface area contributed by atoms with Crippen molar-refractivity contribution in [2.45, 2.75) is 53.1 Å². The number of carboxylic acid groups (broad SMARTS) is 1. The van der Waals surface area contributed by atoms with Crippen LogP contribution in [-0.4, -0.2) is 22.8 Å². The number of carbonyl (C=O) groups excluding carboxylic acids is 1. The molecular weight excluding hydrogens is 294 g/mol. The number of ether oxygens (including phenoxy) is 1. The summed E-state index contributed by atoms with van der Waals surface area (Å²) in [6.45, 7) is 11.2. The zero-order chi connectivity index (χ0) is 17.6. The van der Waals surface area contributed by atoms with Crippen molar-refractivity contribution < 1.29 is 19.4 Å². The zero-order valence-corrected chi connectivity index (χ0v) is 14.6. The topological polar surface area (TPSA) is 75.6 Å². The Kier molecular flexibility index (Phi) is 4.18. The molecule has 1 amide bonds. The number of hydrogen-bond donors (Lipinski definition) is 2. The Balaban J connectivity index is 2.21. The summed E-state index contributed by atoms with van der Waals surface area (Å²) in [6, 6.07) is 5.69. The summed E-state index contributed by atoms with van der Waals surface area (Å²) in [6.07, 6.45) is -0.511. The lowest BCUT2D eigenvalue weighted by Crippen LogP contribution is -2.27. The number of hydrogen-bond acceptors (Lipinski definition) is 3. The molecule has 1 aromatic rings. The Hall–Kier alpha value is -2.04. The maximum atomic E-state index is 11.9. The van der Waals surface area contributed by atoms with E-state index in [4.69, 9.17) is 4.74 Å². The molecule has 2 rings (SSSR count). The second kappa shape index (κ2) is 5.55. The van der Waals surface area contributed by atoms with Gasteiger partial charge in [-0.3, -0.25) is 10.1 Å². The van der Waals surface area contributed by atoms with Crippen LogP contribution in [0.1, 0.15) is 51.7 Å². The van der Waals surface area contributed by atoms with E-state index in [1.165, 1.54) is 0 Å². The van der Waals surface area contributed by atoms with Crippen molar-refractivity contribution in [3.8, 4) is 0 Å². The highest BCUT2D eigenvalue weighted by Crippen LogP contribution is 2.64. The predicted molar refractivity (Wildman–Crippen MR) is 88.7 cm³/mol. The van der Waals surface area contributed by atoms with Crippen LogP contribution in [0, 0.1) is 18.3 Å². The van der Waals surface area contributed by atoms with E-state index >= 15 is 0 Å². The molecule has 23 heavy (non-hydrogen) atoms. The number of amides is 1. The minimum absolute atomic E-state index is 0.0419. The van der Waals surface area contributed by atoms with Crippen molar-refractivity contribution in [1.29, 1.82) is 0 Å². The predicted octanol–water partition coefficient (Wildman–Crippen LogP) is 4.17. The first-order valence-corrected chi connectivity index (χ1v) is 7.77. The van der Waals surface area contributed by atoms with Crippen molar-refractivity contribution in [3.63, 3.8) is 0 Å². The summed E-state index contributed by atoms with van der Waals surface area (Å²) in [4.78, 5) is 23.3. The Morgan fingerprint density at radius 3 is 2.35 bits per heavy atom. The fraction of sp³-hybridized carbons (Fsp3) is 0.556. The van der Waals surface area contributed by atoms with E-state index in [9.17, 15) is 14.7 Å². The van der Waals surface area contributed by atoms with Crippen LogP contribution in [0.25, 0.3) is 0 Å². The number of rotatable bonds is 3. The first kappa shape index (κ1) is 17.3. The van der Waals surface area contributed by atoms with E-state index in [0.717, 1.165) is 11.1 Å². The highest BCUT2D eigenvalue weighted by atomic mass is 16.6. The molecule has 0 bridgehead atoms. The van der Waals surface area contributed by atoms with Gasteiger partial charge in [0.15, 0.2) is 0 Å². The molecule has 0 unspecified atom stereocenters. The Morgan fingerprint density at radius 2 is 1.87 bits per heavy atom. The average molecular weight is 319 g/mol. The van der Waals surface area contributed by atoms with Crippen molar-refractivity contribution in [2.24, 2.45) is 11.3 Å². The van der Waals surface area contributed by atoms with Crippen LogP contribution in [0.2, 0.25) is 0 Å². The van der Waals surface area contributed by atoms with Gasteiger partial charge in [0.25, 0.3) is 0 Å². The monoisotopic (exact) mass is 319 g/mol. The fourth-order valence-corrected chi connectivity index (χ4v) is 3.10. The summed E-state index contributed by atoms with van der Waals surface area (Å²) in [7, 11) is 0. The largest absolute Gasteiger partial charge is 0.481 e. The summed E-state index contributed by atoms with van der Waals surface area (Å²) < 4.78 is 5.27. The molecule has 2 N–H and O–H groups in total. The molecule has 0 heterocycles. The molecule has 0 spiro atoms. The summed E-state index contributed by atoms with van der Waals surface area (Å²) >= 11 is 0. The summed E-state index contributed by atoms with van der Waals surface area (Å²) in [5, 5.41) is 12.1. The van der Waals surface area contributed by atoms with E-state index in [1.807, 2.05) is 39.0 Å². The van der Waals surface area contributed by atoms with Crippen LogP contribution >= 0.6 is 0 Å². The fourth-order valence-electron chi connectivity index (χ4n) is 3.10. The molecule has 1 fully saturated rings. The standard InChI is InChI=1S/C18H25NO4/c1-10-7-8-11(13-14(15(20)21)18(13,5)6)9-12(10)19-16(22)23-17(2,3)4/h7-9,13-14H,1-6H3,(H,19,22)(H,20,21)/t13-,14+/m1/s1. The molecule has 1 aliphatic carbocycles. The van der Waals surface area contributed by atoms with Gasteiger partial charge in [-0.05, 0) is 50.3 Å². The Bertz CT molecular complexity index is 643. The van der Waals surface area contributed by atoms with Gasteiger partial charge in [0.05, 0.1) is 5.92 Å². The molecule has 1 saturated carbocycles. The maximum Gasteiger partial charge on any atom is 0.412 e. The third-order valence-electron chi connectivity index (χ3n) is 4.35. The van der Waals surface area contributed by atoms with E-state index < -0.39 is 17.7 Å². The van der Waals surface area contributed by atoms with Crippen LogP contribution in [0.4, 0.5) is 10.5 Å². The minimum atomic E-state index is -0.776. The first-order valence-electron chi connectivity index (χ1n) is 7.77. The van der Waals surface area contributed by atoms with Gasteiger partial charge in [0.1, 0.15) is 5.60 Å². The number of aliphatic carboxylic acids is 1. The lowest BCUT2D eigenvalue weighted by molar-refractivity contribution is -0.139. The average Bonchev–Trinajstić information content (AvgIpc) is 2.93. The molecule has 0 radical (unpaired) electrons. The summed E-state index contributed by atoms with van der Waals surface area (Å²) in [5.41, 5.74) is 1.65. The van der Waals surface area contributed by atoms with E-state index in [0.29, 0.717) is 5.69 Å². The van der Waals surface area contributed by atoms with Gasteiger partial charge in [0.2, 0.25) is 0 Å². The molecule has 0 saturated heterocycles. The number of nitrogens with one attached hydrogen (secondary N) is 1. The third kappa shape index (κ3) is 3.66. The van der Waals surface area contributed by atoms with Gasteiger partial charge >= 0.3 is 12.1 Å². The van der Waals surface area contributed by atoms with Crippen molar-refractivity contribution in [2.75, 3.05) is 5.32 Å². The van der Waals surface area contributed by atoms with Crippen molar-refractivity contribution >= 4 is 17.7 Å². The molecule has 0 aliphatic heterocycles. The smallest absolute Gasteiger partial charge is 0.412 e. The second-order valence-electron chi connectivity index (χ2n) is 7.82. The number of benzene rings is 1. The van der Waals surface area contributed by atoms with Crippen LogP contribution in [0.5, 0.6) is 0 Å². The SMILES string of the molecule is Cc1ccc([C@@H]2[C@@H](C(=O)O)C2(C)C)cc1NC(=O)OC(C)(C)C. The van der Waals surface area contributed by atoms with Gasteiger partial charge in [-0.15, -0.1) is 0 Å². The zero-order valence-electron chi connectivity index (χ0n) is 14.6. The molecule has 126 valence electrons. The molecular formula is C18H25NO4. The van der Waals surface area contributed by atoms with Crippen molar-refractivity contribution in [1.82, 2.24) is 0 Å². The molecule has 0 aromatic heterocycles.